The zero-order valence-corrected chi connectivity index (χ0v) is 13.1. The first-order valence-corrected chi connectivity index (χ1v) is 8.07. The van der Waals surface area contributed by atoms with Crippen LogP contribution in [0.25, 0.3) is 53.9 Å². The van der Waals surface area contributed by atoms with E-state index >= 15 is 0 Å². The molecule has 0 heterocycles. The van der Waals surface area contributed by atoms with Gasteiger partial charge in [-0.2, -0.15) is 0 Å². The van der Waals surface area contributed by atoms with E-state index < -0.39 is 21.2 Å². The van der Waals surface area contributed by atoms with Crippen molar-refractivity contribution in [2.75, 3.05) is 0 Å². The van der Waals surface area contributed by atoms with Gasteiger partial charge in [-0.1, -0.05) is 36.4 Å². The third-order valence-corrected chi connectivity index (χ3v) is 5.50. The largest absolute Gasteiger partial charge is 0.354 e. The Bertz CT molecular complexity index is 1420. The van der Waals surface area contributed by atoms with Crippen LogP contribution in [0.2, 0.25) is 0 Å². The summed E-state index contributed by atoms with van der Waals surface area (Å²) in [7, 11) is 0. The first-order chi connectivity index (χ1) is 12.6. The molecule has 0 unspecified atom stereocenters. The summed E-state index contributed by atoms with van der Waals surface area (Å²) in [6, 6.07) is 14.9. The maximum Gasteiger partial charge on any atom is 0.354 e. The van der Waals surface area contributed by atoms with E-state index in [2.05, 4.69) is 0 Å². The number of hydrogen-bond donors (Lipinski definition) is 0. The maximum absolute atomic E-state index is 11.8. The molecular weight excluding hydrogens is 332 g/mol. The van der Waals surface area contributed by atoms with Crippen LogP contribution in [0.5, 0.6) is 0 Å². The quantitative estimate of drug-likeness (QED) is 0.234. The molecule has 0 saturated heterocycles. The predicted molar refractivity (Wildman–Crippen MR) is 101 cm³/mol. The molecule has 0 atom stereocenters. The van der Waals surface area contributed by atoms with Gasteiger partial charge in [-0.05, 0) is 44.5 Å². The van der Waals surface area contributed by atoms with Crippen LogP contribution in [0, 0.1) is 20.2 Å². The molecule has 0 bridgehead atoms. The Morgan fingerprint density at radius 3 is 1.15 bits per heavy atom. The van der Waals surface area contributed by atoms with E-state index in [9.17, 15) is 20.2 Å². The lowest BCUT2D eigenvalue weighted by Gasteiger charge is -2.07. The number of hydrogen-bond acceptors (Lipinski definition) is 4. The molecule has 6 heteroatoms. The van der Waals surface area contributed by atoms with Gasteiger partial charge in [-0.3, -0.25) is 20.2 Å². The molecule has 26 heavy (non-hydrogen) atoms. The lowest BCUT2D eigenvalue weighted by atomic mass is 9.96. The summed E-state index contributed by atoms with van der Waals surface area (Å²) in [6.45, 7) is 0. The lowest BCUT2D eigenvalue weighted by molar-refractivity contribution is -0.420. The van der Waals surface area contributed by atoms with Gasteiger partial charge < -0.3 is 0 Å². The Balaban J connectivity index is 2.14. The van der Waals surface area contributed by atoms with E-state index in [1.807, 2.05) is 36.4 Å². The van der Waals surface area contributed by atoms with E-state index in [0.29, 0.717) is 10.8 Å². The third kappa shape index (κ3) is 1.28. The molecule has 6 rings (SSSR count). The fraction of sp³-hybridized carbons (Fsp3) is 0. The minimum Gasteiger partial charge on any atom is -0.258 e. The van der Waals surface area contributed by atoms with E-state index in [1.165, 1.54) is 0 Å². The molecule has 0 spiro atoms. The van der Waals surface area contributed by atoms with Crippen molar-refractivity contribution in [3.05, 3.63) is 68.8 Å². The van der Waals surface area contributed by atoms with Gasteiger partial charge in [0.2, 0.25) is 0 Å². The van der Waals surface area contributed by atoms with Gasteiger partial charge in [0.25, 0.3) is 0 Å². The van der Waals surface area contributed by atoms with E-state index in [4.69, 9.17) is 0 Å². The highest BCUT2D eigenvalue weighted by molar-refractivity contribution is 6.46. The SMILES string of the molecule is O=[N+]([O-])c1c([N+](=O)[O-])c2ccc3ccc4ccc5ccc1c1c5c4c3c21. The van der Waals surface area contributed by atoms with Crippen LogP contribution < -0.4 is 0 Å². The number of nitro benzene ring substituents is 2. The third-order valence-electron chi connectivity index (χ3n) is 5.50. The molecular formula is C20H8N2O4. The summed E-state index contributed by atoms with van der Waals surface area (Å²) in [5.41, 5.74) is -0.855. The second-order valence-electron chi connectivity index (χ2n) is 6.61. The van der Waals surface area contributed by atoms with Gasteiger partial charge in [0.05, 0.1) is 20.6 Å². The second-order valence-corrected chi connectivity index (χ2v) is 6.61. The Kier molecular flexibility index (Phi) is 2.10. The Morgan fingerprint density at radius 2 is 0.808 bits per heavy atom. The highest BCUT2D eigenvalue weighted by Crippen LogP contribution is 2.53. The molecule has 6 nitrogen and oxygen atoms in total. The predicted octanol–water partition coefficient (Wildman–Crippen LogP) is 5.58. The van der Waals surface area contributed by atoms with Crippen molar-refractivity contribution >= 4 is 65.2 Å². The molecule has 0 N–H and O–H groups in total. The average Bonchev–Trinajstić information content (AvgIpc) is 3.00. The van der Waals surface area contributed by atoms with E-state index in [0.717, 1.165) is 43.1 Å². The fourth-order valence-electron chi connectivity index (χ4n) is 4.59. The van der Waals surface area contributed by atoms with Crippen molar-refractivity contribution in [2.24, 2.45) is 0 Å². The van der Waals surface area contributed by atoms with Gasteiger partial charge in [-0.25, -0.2) is 0 Å². The fourth-order valence-corrected chi connectivity index (χ4v) is 4.59. The lowest BCUT2D eigenvalue weighted by Crippen LogP contribution is -1.99. The van der Waals surface area contributed by atoms with Crippen molar-refractivity contribution in [1.82, 2.24) is 0 Å². The van der Waals surface area contributed by atoms with Gasteiger partial charge in [0.15, 0.2) is 0 Å². The summed E-state index contributed by atoms with van der Waals surface area (Å²) < 4.78 is 0. The van der Waals surface area contributed by atoms with Crippen LogP contribution in [-0.4, -0.2) is 9.85 Å². The van der Waals surface area contributed by atoms with E-state index in [-0.39, 0.29) is 0 Å². The van der Waals surface area contributed by atoms with Crippen LogP contribution in [-0.2, 0) is 0 Å². The molecule has 122 valence electrons. The summed E-state index contributed by atoms with van der Waals surface area (Å²) in [5, 5.41) is 31.7. The molecule has 6 aromatic carbocycles. The molecule has 0 aliphatic carbocycles. The molecule has 0 saturated carbocycles. The standard InChI is InChI=1S/C20H8N2O4/c23-21(24)19-12-7-5-10-3-1-9-2-4-11-6-8-13(20(19)22(25)26)18-16(11)14(9)15(10)17(12)18/h1-8H. The highest BCUT2D eigenvalue weighted by Gasteiger charge is 2.35. The minimum atomic E-state index is -0.633. The second kappa shape index (κ2) is 4.05. The maximum atomic E-state index is 11.8. The molecule has 6 aromatic rings. The van der Waals surface area contributed by atoms with Crippen molar-refractivity contribution in [2.45, 2.75) is 0 Å². The van der Waals surface area contributed by atoms with Crippen LogP contribution in [0.1, 0.15) is 0 Å². The Labute approximate surface area is 144 Å². The summed E-state index contributed by atoms with van der Waals surface area (Å²) >= 11 is 0. The van der Waals surface area contributed by atoms with Gasteiger partial charge in [-0.15, -0.1) is 0 Å². The molecule has 0 aliphatic rings. The van der Waals surface area contributed by atoms with Crippen molar-refractivity contribution in [1.29, 1.82) is 0 Å². The number of benzene rings is 5. The van der Waals surface area contributed by atoms with Gasteiger partial charge in [0, 0.05) is 10.8 Å². The number of rotatable bonds is 2. The Morgan fingerprint density at radius 1 is 0.500 bits per heavy atom. The minimum absolute atomic E-state index is 0.331. The van der Waals surface area contributed by atoms with Gasteiger partial charge >= 0.3 is 11.4 Å². The van der Waals surface area contributed by atoms with Crippen LogP contribution in [0.15, 0.2) is 48.5 Å². The van der Waals surface area contributed by atoms with Crippen molar-refractivity contribution in [3.8, 4) is 0 Å². The summed E-state index contributed by atoms with van der Waals surface area (Å²) in [4.78, 5) is 22.3. The smallest absolute Gasteiger partial charge is 0.258 e. The van der Waals surface area contributed by atoms with Crippen LogP contribution in [0.4, 0.5) is 11.4 Å². The summed E-state index contributed by atoms with van der Waals surface area (Å²) in [6.07, 6.45) is 0. The normalized spacial score (nSPS) is 12.5. The first-order valence-electron chi connectivity index (χ1n) is 8.07. The number of nitrogens with zero attached hydrogens (tertiary/aromatic N) is 2. The molecule has 0 aliphatic heterocycles. The molecule has 0 radical (unpaired) electrons. The van der Waals surface area contributed by atoms with Gasteiger partial charge in [0.1, 0.15) is 0 Å². The molecule has 0 amide bonds. The Hall–Kier alpha value is -3.80. The molecule has 0 aromatic heterocycles. The number of nitro groups is 2. The highest BCUT2D eigenvalue weighted by atomic mass is 16.6. The first kappa shape index (κ1) is 13.5. The topological polar surface area (TPSA) is 86.3 Å². The average molecular weight is 340 g/mol. The monoisotopic (exact) mass is 340 g/mol. The van der Waals surface area contributed by atoms with Crippen molar-refractivity contribution < 1.29 is 9.85 Å². The zero-order valence-electron chi connectivity index (χ0n) is 13.1. The van der Waals surface area contributed by atoms with Crippen LogP contribution >= 0.6 is 0 Å². The van der Waals surface area contributed by atoms with E-state index in [1.54, 1.807) is 12.1 Å². The summed E-state index contributed by atoms with van der Waals surface area (Å²) in [5.74, 6) is 0. The zero-order chi connectivity index (χ0) is 17.7. The molecule has 0 fully saturated rings. The van der Waals surface area contributed by atoms with Crippen molar-refractivity contribution in [3.63, 3.8) is 0 Å². The van der Waals surface area contributed by atoms with Crippen LogP contribution in [0.3, 0.4) is 0 Å².